The van der Waals surface area contributed by atoms with Gasteiger partial charge in [0.05, 0.1) is 11.6 Å². The van der Waals surface area contributed by atoms with Gasteiger partial charge in [0.15, 0.2) is 0 Å². The van der Waals surface area contributed by atoms with Crippen LogP contribution in [-0.2, 0) is 0 Å². The number of fused-ring (bicyclic) bond motifs is 1. The number of benzene rings is 2. The molecule has 4 nitrogen and oxygen atoms in total. The molecule has 0 radical (unpaired) electrons. The second kappa shape index (κ2) is 6.54. The molecule has 0 spiro atoms. The lowest BCUT2D eigenvalue weighted by molar-refractivity contribution is 0.586. The van der Waals surface area contributed by atoms with Crippen LogP contribution >= 0.6 is 0 Å². The number of aromatic nitrogens is 1. The third-order valence-electron chi connectivity index (χ3n) is 4.79. The number of rotatable bonds is 2. The van der Waals surface area contributed by atoms with Crippen molar-refractivity contribution in [3.05, 3.63) is 59.8 Å². The smallest absolute Gasteiger partial charge is 0.136 e. The van der Waals surface area contributed by atoms with E-state index in [0.717, 1.165) is 48.8 Å². The molecule has 1 saturated heterocycles. The second-order valence-corrected chi connectivity index (χ2v) is 6.37. The van der Waals surface area contributed by atoms with Gasteiger partial charge in [-0.1, -0.05) is 36.4 Å². The summed E-state index contributed by atoms with van der Waals surface area (Å²) in [5.41, 5.74) is 3.96. The fraction of sp³-hybridized carbons (Fsp3) is 0.238. The molecule has 0 unspecified atom stereocenters. The molecule has 1 aromatic heterocycles. The summed E-state index contributed by atoms with van der Waals surface area (Å²) in [5.74, 6) is 1.08. The highest BCUT2D eigenvalue weighted by molar-refractivity contribution is 6.03. The Balaban J connectivity index is 1.91. The molecule has 1 fully saturated rings. The lowest BCUT2D eigenvalue weighted by atomic mass is 9.96. The normalized spacial score (nSPS) is 14.5. The summed E-state index contributed by atoms with van der Waals surface area (Å²) in [6.07, 6.45) is 0. The molecule has 1 N–H and O–H groups in total. The predicted octanol–water partition coefficient (Wildman–Crippen LogP) is 3.49. The molecule has 2 aromatic carbocycles. The maximum Gasteiger partial charge on any atom is 0.136 e. The highest BCUT2D eigenvalue weighted by Crippen LogP contribution is 2.35. The molecule has 0 bridgehead atoms. The van der Waals surface area contributed by atoms with Crippen LogP contribution < -0.4 is 10.2 Å². The summed E-state index contributed by atoms with van der Waals surface area (Å²) >= 11 is 0. The molecule has 0 saturated carbocycles. The molecular formula is C21H20N4. The van der Waals surface area contributed by atoms with E-state index in [4.69, 9.17) is 10.2 Å². The standard InChI is InChI=1S/C21H20N4/c1-15-20(17-8-6-16(14-22)7-9-17)18-4-2-3-5-19(18)21(24-15)25-12-10-23-11-13-25/h2-9,23H,10-13H2,1H3. The van der Waals surface area contributed by atoms with E-state index >= 15 is 0 Å². The van der Waals surface area contributed by atoms with Gasteiger partial charge in [0, 0.05) is 42.8 Å². The van der Waals surface area contributed by atoms with Crippen molar-refractivity contribution in [3.8, 4) is 17.2 Å². The fourth-order valence-corrected chi connectivity index (χ4v) is 3.56. The summed E-state index contributed by atoms with van der Waals surface area (Å²) in [7, 11) is 0. The Morgan fingerprint density at radius 3 is 2.36 bits per heavy atom. The minimum atomic E-state index is 0.677. The number of aryl methyl sites for hydroxylation is 1. The van der Waals surface area contributed by atoms with Crippen LogP contribution in [0.1, 0.15) is 11.3 Å². The van der Waals surface area contributed by atoms with E-state index in [2.05, 4.69) is 47.5 Å². The first kappa shape index (κ1) is 15.6. The zero-order chi connectivity index (χ0) is 17.2. The Hall–Kier alpha value is -2.90. The summed E-state index contributed by atoms with van der Waals surface area (Å²) < 4.78 is 0. The average molecular weight is 328 g/mol. The minimum Gasteiger partial charge on any atom is -0.354 e. The van der Waals surface area contributed by atoms with E-state index in [0.29, 0.717) is 5.56 Å². The van der Waals surface area contributed by atoms with Gasteiger partial charge in [0.1, 0.15) is 5.82 Å². The van der Waals surface area contributed by atoms with Gasteiger partial charge in [-0.25, -0.2) is 4.98 Å². The van der Waals surface area contributed by atoms with Crippen LogP contribution in [0.3, 0.4) is 0 Å². The maximum absolute atomic E-state index is 9.03. The zero-order valence-electron chi connectivity index (χ0n) is 14.3. The monoisotopic (exact) mass is 328 g/mol. The van der Waals surface area contributed by atoms with Crippen molar-refractivity contribution in [1.82, 2.24) is 10.3 Å². The van der Waals surface area contributed by atoms with Crippen LogP contribution in [0, 0.1) is 18.3 Å². The summed E-state index contributed by atoms with van der Waals surface area (Å²) in [6.45, 7) is 6.02. The van der Waals surface area contributed by atoms with Gasteiger partial charge < -0.3 is 10.2 Å². The van der Waals surface area contributed by atoms with Crippen LogP contribution in [-0.4, -0.2) is 31.2 Å². The number of piperazine rings is 1. The van der Waals surface area contributed by atoms with Gasteiger partial charge >= 0.3 is 0 Å². The molecular weight excluding hydrogens is 308 g/mol. The number of nitriles is 1. The van der Waals surface area contributed by atoms with E-state index in [-0.39, 0.29) is 0 Å². The van der Waals surface area contributed by atoms with E-state index in [1.807, 2.05) is 24.3 Å². The van der Waals surface area contributed by atoms with Crippen molar-refractivity contribution in [3.63, 3.8) is 0 Å². The van der Waals surface area contributed by atoms with Crippen molar-refractivity contribution in [2.45, 2.75) is 6.92 Å². The van der Waals surface area contributed by atoms with E-state index < -0.39 is 0 Å². The molecule has 1 aliphatic rings. The lowest BCUT2D eigenvalue weighted by Crippen LogP contribution is -2.44. The Bertz CT molecular complexity index is 948. The predicted molar refractivity (Wildman–Crippen MR) is 102 cm³/mol. The average Bonchev–Trinajstić information content (AvgIpc) is 2.68. The summed E-state index contributed by atoms with van der Waals surface area (Å²) in [4.78, 5) is 7.35. The summed E-state index contributed by atoms with van der Waals surface area (Å²) in [5, 5.41) is 14.8. The molecule has 25 heavy (non-hydrogen) atoms. The first-order valence-electron chi connectivity index (χ1n) is 8.63. The Labute approximate surface area is 147 Å². The van der Waals surface area contributed by atoms with E-state index in [1.165, 1.54) is 10.8 Å². The molecule has 1 aliphatic heterocycles. The highest BCUT2D eigenvalue weighted by atomic mass is 15.2. The van der Waals surface area contributed by atoms with Gasteiger partial charge in [0.25, 0.3) is 0 Å². The Morgan fingerprint density at radius 2 is 1.68 bits per heavy atom. The zero-order valence-corrected chi connectivity index (χ0v) is 14.3. The third-order valence-corrected chi connectivity index (χ3v) is 4.79. The van der Waals surface area contributed by atoms with Crippen molar-refractivity contribution in [2.75, 3.05) is 31.1 Å². The van der Waals surface area contributed by atoms with E-state index in [1.54, 1.807) is 0 Å². The summed E-state index contributed by atoms with van der Waals surface area (Å²) in [6, 6.07) is 18.4. The van der Waals surface area contributed by atoms with Gasteiger partial charge in [-0.15, -0.1) is 0 Å². The number of hydrogen-bond acceptors (Lipinski definition) is 4. The Morgan fingerprint density at radius 1 is 1.00 bits per heavy atom. The number of anilines is 1. The number of nitrogens with one attached hydrogen (secondary N) is 1. The first-order chi connectivity index (χ1) is 12.3. The van der Waals surface area contributed by atoms with Crippen LogP contribution in [0.5, 0.6) is 0 Å². The molecule has 124 valence electrons. The molecule has 2 heterocycles. The third kappa shape index (κ3) is 2.84. The van der Waals surface area contributed by atoms with E-state index in [9.17, 15) is 0 Å². The van der Waals surface area contributed by atoms with Gasteiger partial charge in [-0.05, 0) is 30.0 Å². The fourth-order valence-electron chi connectivity index (χ4n) is 3.56. The second-order valence-electron chi connectivity index (χ2n) is 6.37. The number of pyridine rings is 1. The molecule has 4 heteroatoms. The first-order valence-corrected chi connectivity index (χ1v) is 8.63. The number of nitrogens with zero attached hydrogens (tertiary/aromatic N) is 3. The van der Waals surface area contributed by atoms with Crippen molar-refractivity contribution < 1.29 is 0 Å². The van der Waals surface area contributed by atoms with Crippen LogP contribution in [0.15, 0.2) is 48.5 Å². The molecule has 4 rings (SSSR count). The minimum absolute atomic E-state index is 0.677. The molecule has 0 aliphatic carbocycles. The van der Waals surface area contributed by atoms with Gasteiger partial charge in [-0.2, -0.15) is 5.26 Å². The van der Waals surface area contributed by atoms with Gasteiger partial charge in [0.2, 0.25) is 0 Å². The lowest BCUT2D eigenvalue weighted by Gasteiger charge is -2.30. The topological polar surface area (TPSA) is 52.0 Å². The van der Waals surface area contributed by atoms with Crippen LogP contribution in [0.2, 0.25) is 0 Å². The molecule has 3 aromatic rings. The van der Waals surface area contributed by atoms with Gasteiger partial charge in [-0.3, -0.25) is 0 Å². The largest absolute Gasteiger partial charge is 0.354 e. The number of hydrogen-bond donors (Lipinski definition) is 1. The van der Waals surface area contributed by atoms with Crippen molar-refractivity contribution >= 4 is 16.6 Å². The molecule has 0 atom stereocenters. The van der Waals surface area contributed by atoms with Crippen molar-refractivity contribution in [1.29, 1.82) is 5.26 Å². The van der Waals surface area contributed by atoms with Crippen LogP contribution in [0.4, 0.5) is 5.82 Å². The Kier molecular flexibility index (Phi) is 4.09. The quantitative estimate of drug-likeness (QED) is 0.782. The maximum atomic E-state index is 9.03. The SMILES string of the molecule is Cc1nc(N2CCNCC2)c2ccccc2c1-c1ccc(C#N)cc1. The molecule has 0 amide bonds. The highest BCUT2D eigenvalue weighted by Gasteiger charge is 2.18. The van der Waals surface area contributed by atoms with Crippen LogP contribution in [0.25, 0.3) is 21.9 Å². The van der Waals surface area contributed by atoms with Crippen molar-refractivity contribution in [2.24, 2.45) is 0 Å².